The van der Waals surface area contributed by atoms with Crippen molar-refractivity contribution in [2.24, 2.45) is 0 Å². The third-order valence-corrected chi connectivity index (χ3v) is 5.93. The van der Waals surface area contributed by atoms with E-state index in [2.05, 4.69) is 10.6 Å². The van der Waals surface area contributed by atoms with Crippen molar-refractivity contribution in [3.05, 3.63) is 98.6 Å². The summed E-state index contributed by atoms with van der Waals surface area (Å²) in [6.45, 7) is -0.697. The summed E-state index contributed by atoms with van der Waals surface area (Å²) in [5.41, 5.74) is 0.851. The van der Waals surface area contributed by atoms with Gasteiger partial charge in [-0.2, -0.15) is 0 Å². The lowest BCUT2D eigenvalue weighted by Gasteiger charge is -2.20. The molecule has 10 heteroatoms. The van der Waals surface area contributed by atoms with E-state index in [4.69, 9.17) is 4.74 Å². The summed E-state index contributed by atoms with van der Waals surface area (Å²) in [5, 5.41) is 17.0. The maximum absolute atomic E-state index is 13.0. The van der Waals surface area contributed by atoms with Crippen LogP contribution in [0.4, 0.5) is 17.1 Å². The van der Waals surface area contributed by atoms with Crippen LogP contribution in [0.2, 0.25) is 0 Å². The Hall–Kier alpha value is -4.86. The Morgan fingerprint density at radius 1 is 0.917 bits per heavy atom. The zero-order valence-corrected chi connectivity index (χ0v) is 18.8. The number of carbonyl (C=O) groups is 4. The van der Waals surface area contributed by atoms with E-state index in [0.717, 1.165) is 18.9 Å². The molecule has 1 amide bonds. The number of anilines is 2. The molecule has 10 nitrogen and oxygen atoms in total. The van der Waals surface area contributed by atoms with E-state index >= 15 is 0 Å². The van der Waals surface area contributed by atoms with Crippen LogP contribution >= 0.6 is 0 Å². The fourth-order valence-electron chi connectivity index (χ4n) is 4.03. The molecule has 0 spiro atoms. The second kappa shape index (κ2) is 9.06. The first kappa shape index (κ1) is 22.9. The van der Waals surface area contributed by atoms with Crippen LogP contribution < -0.4 is 10.6 Å². The van der Waals surface area contributed by atoms with Crippen molar-refractivity contribution >= 4 is 40.5 Å². The van der Waals surface area contributed by atoms with Crippen molar-refractivity contribution in [2.45, 2.75) is 18.9 Å². The third-order valence-electron chi connectivity index (χ3n) is 5.93. The highest BCUT2D eigenvalue weighted by Crippen LogP contribution is 2.33. The van der Waals surface area contributed by atoms with Gasteiger partial charge in [0.05, 0.1) is 21.7 Å². The number of nitrogens with zero attached hydrogens (tertiary/aromatic N) is 1. The van der Waals surface area contributed by atoms with Crippen LogP contribution in [0, 0.1) is 10.1 Å². The molecule has 180 valence electrons. The smallest absolute Gasteiger partial charge is 0.338 e. The number of ether oxygens (including phenoxy) is 1. The number of ketones is 2. The Bertz CT molecular complexity index is 1460. The van der Waals surface area contributed by atoms with E-state index in [9.17, 15) is 29.3 Å². The fraction of sp³-hybridized carbons (Fsp3) is 0.154. The molecule has 3 aromatic rings. The lowest BCUT2D eigenvalue weighted by Crippen LogP contribution is -2.26. The fourth-order valence-corrected chi connectivity index (χ4v) is 4.03. The minimum absolute atomic E-state index is 0.0650. The second-order valence-electron chi connectivity index (χ2n) is 8.46. The maximum atomic E-state index is 13.0. The average molecular weight is 485 g/mol. The van der Waals surface area contributed by atoms with Gasteiger partial charge in [-0.15, -0.1) is 0 Å². The van der Waals surface area contributed by atoms with Crippen molar-refractivity contribution in [2.75, 3.05) is 17.2 Å². The van der Waals surface area contributed by atoms with E-state index in [1.807, 2.05) is 0 Å². The molecule has 3 aromatic carbocycles. The summed E-state index contributed by atoms with van der Waals surface area (Å²) < 4.78 is 5.03. The van der Waals surface area contributed by atoms with Gasteiger partial charge in [0.1, 0.15) is 5.69 Å². The van der Waals surface area contributed by atoms with E-state index in [1.54, 1.807) is 24.3 Å². The Labute approximate surface area is 204 Å². The quantitative estimate of drug-likeness (QED) is 0.229. The van der Waals surface area contributed by atoms with E-state index in [-0.39, 0.29) is 45.5 Å². The Kier molecular flexibility index (Phi) is 5.77. The van der Waals surface area contributed by atoms with Crippen molar-refractivity contribution in [1.29, 1.82) is 0 Å². The van der Waals surface area contributed by atoms with Crippen molar-refractivity contribution in [1.82, 2.24) is 0 Å². The van der Waals surface area contributed by atoms with Crippen LogP contribution in [0.15, 0.2) is 60.7 Å². The lowest BCUT2D eigenvalue weighted by molar-refractivity contribution is -0.384. The van der Waals surface area contributed by atoms with Gasteiger partial charge in [0.2, 0.25) is 0 Å². The number of amides is 1. The predicted octanol–water partition coefficient (Wildman–Crippen LogP) is 3.74. The summed E-state index contributed by atoms with van der Waals surface area (Å²) in [6.07, 6.45) is 1.85. The molecule has 0 aliphatic heterocycles. The van der Waals surface area contributed by atoms with Crippen molar-refractivity contribution in [3.63, 3.8) is 0 Å². The number of hydrogen-bond donors (Lipinski definition) is 2. The minimum atomic E-state index is -0.915. The van der Waals surface area contributed by atoms with Crippen LogP contribution in [0.1, 0.15) is 55.0 Å². The standard InChI is InChI=1S/C26H19N3O7/c30-22(13-36-26(33)14-8-11-19(27-15-9-10-15)21(12-14)29(34)35)28-20-7-3-6-18-23(20)25(32)17-5-2-1-4-16(17)24(18)31/h1-8,11-12,15,27H,9-10,13H2,(H,28,30). The zero-order chi connectivity index (χ0) is 25.4. The summed E-state index contributed by atoms with van der Waals surface area (Å²) in [7, 11) is 0. The molecule has 2 aliphatic rings. The molecule has 0 unspecified atom stereocenters. The van der Waals surface area contributed by atoms with Gasteiger partial charge in [-0.05, 0) is 31.0 Å². The number of fused-ring (bicyclic) bond motifs is 2. The monoisotopic (exact) mass is 485 g/mol. The van der Waals surface area contributed by atoms with Gasteiger partial charge in [0.15, 0.2) is 18.2 Å². The predicted molar refractivity (Wildman–Crippen MR) is 128 cm³/mol. The molecular formula is C26H19N3O7. The van der Waals surface area contributed by atoms with E-state index < -0.39 is 29.2 Å². The Morgan fingerprint density at radius 2 is 1.61 bits per heavy atom. The SMILES string of the molecule is O=C(COC(=O)c1ccc(NC2CC2)c([N+](=O)[O-])c1)Nc1cccc2c1C(=O)c1ccccc1C2=O. The zero-order valence-electron chi connectivity index (χ0n) is 18.8. The lowest BCUT2D eigenvalue weighted by atomic mass is 9.83. The van der Waals surface area contributed by atoms with Crippen LogP contribution in [-0.4, -0.2) is 41.0 Å². The molecule has 1 fully saturated rings. The van der Waals surface area contributed by atoms with E-state index in [1.165, 1.54) is 30.3 Å². The van der Waals surface area contributed by atoms with Gasteiger partial charge >= 0.3 is 5.97 Å². The van der Waals surface area contributed by atoms with Gasteiger partial charge in [-0.1, -0.05) is 36.4 Å². The number of nitro benzene ring substituents is 1. The van der Waals surface area contributed by atoms with Gasteiger partial charge in [-0.3, -0.25) is 24.5 Å². The molecule has 5 rings (SSSR count). The number of carbonyl (C=O) groups excluding carboxylic acids is 4. The van der Waals surface area contributed by atoms with Crippen LogP contribution in [0.5, 0.6) is 0 Å². The van der Waals surface area contributed by atoms with Crippen molar-refractivity contribution in [3.8, 4) is 0 Å². The molecule has 0 aromatic heterocycles. The molecule has 0 atom stereocenters. The molecule has 0 radical (unpaired) electrons. The summed E-state index contributed by atoms with van der Waals surface area (Å²) in [6, 6.07) is 15.1. The molecular weight excluding hydrogens is 466 g/mol. The number of benzene rings is 3. The molecule has 2 aliphatic carbocycles. The summed E-state index contributed by atoms with van der Waals surface area (Å²) in [4.78, 5) is 61.7. The molecule has 36 heavy (non-hydrogen) atoms. The number of nitro groups is 1. The number of esters is 1. The Morgan fingerprint density at radius 3 is 2.31 bits per heavy atom. The third kappa shape index (κ3) is 4.31. The van der Waals surface area contributed by atoms with Crippen LogP contribution in [-0.2, 0) is 9.53 Å². The highest BCUT2D eigenvalue weighted by molar-refractivity contribution is 6.30. The van der Waals surface area contributed by atoms with Crippen LogP contribution in [0.3, 0.4) is 0 Å². The normalized spacial score (nSPS) is 13.9. The number of hydrogen-bond acceptors (Lipinski definition) is 8. The second-order valence-corrected chi connectivity index (χ2v) is 8.46. The number of rotatable bonds is 7. The Balaban J connectivity index is 1.28. The molecule has 0 saturated heterocycles. The van der Waals surface area contributed by atoms with Gasteiger partial charge in [-0.25, -0.2) is 4.79 Å². The van der Waals surface area contributed by atoms with Crippen molar-refractivity contribution < 1.29 is 28.8 Å². The average Bonchev–Trinajstić information content (AvgIpc) is 3.70. The molecule has 0 bridgehead atoms. The topological polar surface area (TPSA) is 145 Å². The minimum Gasteiger partial charge on any atom is -0.452 e. The molecule has 2 N–H and O–H groups in total. The maximum Gasteiger partial charge on any atom is 0.338 e. The largest absolute Gasteiger partial charge is 0.452 e. The van der Waals surface area contributed by atoms with Gasteiger partial charge in [0.25, 0.3) is 11.6 Å². The first-order valence-corrected chi connectivity index (χ1v) is 11.2. The molecule has 1 saturated carbocycles. The van der Waals surface area contributed by atoms with Gasteiger partial charge < -0.3 is 15.4 Å². The molecule has 0 heterocycles. The highest BCUT2D eigenvalue weighted by Gasteiger charge is 2.32. The van der Waals surface area contributed by atoms with Crippen LogP contribution in [0.25, 0.3) is 0 Å². The number of nitrogens with one attached hydrogen (secondary N) is 2. The van der Waals surface area contributed by atoms with Gasteiger partial charge in [0, 0.05) is 28.8 Å². The summed E-state index contributed by atoms with van der Waals surface area (Å²) in [5.74, 6) is -2.39. The van der Waals surface area contributed by atoms with E-state index in [0.29, 0.717) is 11.3 Å². The first-order chi connectivity index (χ1) is 17.3. The first-order valence-electron chi connectivity index (χ1n) is 11.2. The summed E-state index contributed by atoms with van der Waals surface area (Å²) >= 11 is 0. The highest BCUT2D eigenvalue weighted by atomic mass is 16.6.